The molecule has 0 aromatic carbocycles. The highest BCUT2D eigenvalue weighted by molar-refractivity contribution is 7.84. The van der Waals surface area contributed by atoms with Gasteiger partial charge in [0.1, 0.15) is 6.07 Å². The first kappa shape index (κ1) is 12.7. The van der Waals surface area contributed by atoms with E-state index in [4.69, 9.17) is 5.26 Å². The van der Waals surface area contributed by atoms with E-state index in [1.54, 1.807) is 6.26 Å². The number of hydrogen-bond donors (Lipinski definition) is 1. The van der Waals surface area contributed by atoms with E-state index in [-0.39, 0.29) is 0 Å². The normalized spacial score (nSPS) is 11.9. The first-order valence-electron chi connectivity index (χ1n) is 4.97. The Bertz CT molecular complexity index is 451. The van der Waals surface area contributed by atoms with Gasteiger partial charge in [0.25, 0.3) is 0 Å². The highest BCUT2D eigenvalue weighted by atomic mass is 32.2. The van der Waals surface area contributed by atoms with Crippen molar-refractivity contribution in [2.45, 2.75) is 13.8 Å². The van der Waals surface area contributed by atoms with Crippen LogP contribution in [-0.4, -0.2) is 27.7 Å². The Hall–Kier alpha value is -1.41. The van der Waals surface area contributed by atoms with Gasteiger partial charge in [0, 0.05) is 35.0 Å². The molecule has 5 heteroatoms. The topological polar surface area (TPSA) is 65.8 Å². The second kappa shape index (κ2) is 5.61. The Morgan fingerprint density at radius 1 is 1.56 bits per heavy atom. The van der Waals surface area contributed by atoms with E-state index in [0.29, 0.717) is 17.9 Å². The molecule has 16 heavy (non-hydrogen) atoms. The van der Waals surface area contributed by atoms with Gasteiger partial charge in [-0.3, -0.25) is 9.19 Å². The van der Waals surface area contributed by atoms with Crippen LogP contribution in [0.1, 0.15) is 17.0 Å². The van der Waals surface area contributed by atoms with E-state index >= 15 is 0 Å². The number of nitrogens with one attached hydrogen (secondary N) is 1. The van der Waals surface area contributed by atoms with Gasteiger partial charge in [-0.25, -0.2) is 0 Å². The van der Waals surface area contributed by atoms with E-state index in [9.17, 15) is 4.21 Å². The van der Waals surface area contributed by atoms with Crippen molar-refractivity contribution in [2.24, 2.45) is 0 Å². The summed E-state index contributed by atoms with van der Waals surface area (Å²) in [6.45, 7) is 4.30. The van der Waals surface area contributed by atoms with Crippen molar-refractivity contribution in [1.29, 1.82) is 5.26 Å². The van der Waals surface area contributed by atoms with Crippen molar-refractivity contribution < 1.29 is 4.21 Å². The highest BCUT2D eigenvalue weighted by Crippen LogP contribution is 2.18. The monoisotopic (exact) mass is 237 g/mol. The molecule has 86 valence electrons. The first-order chi connectivity index (χ1) is 7.54. The molecule has 1 aromatic rings. The summed E-state index contributed by atoms with van der Waals surface area (Å²) >= 11 is 0. The van der Waals surface area contributed by atoms with Gasteiger partial charge in [0.05, 0.1) is 16.9 Å². The summed E-state index contributed by atoms with van der Waals surface area (Å²) in [5.74, 6) is 0.575. The average Bonchev–Trinajstić information content (AvgIpc) is 2.16. The van der Waals surface area contributed by atoms with E-state index in [1.165, 1.54) is 0 Å². The summed E-state index contributed by atoms with van der Waals surface area (Å²) in [4.78, 5) is 4.23. The number of nitrogens with zero attached hydrogens (tertiary/aromatic N) is 2. The lowest BCUT2D eigenvalue weighted by Gasteiger charge is -2.09. The first-order valence-corrected chi connectivity index (χ1v) is 6.69. The molecule has 0 amide bonds. The third-order valence-corrected chi connectivity index (χ3v) is 2.92. The molecule has 0 fully saturated rings. The predicted molar refractivity (Wildman–Crippen MR) is 65.8 cm³/mol. The quantitative estimate of drug-likeness (QED) is 0.858. The lowest BCUT2D eigenvalue weighted by atomic mass is 10.1. The molecule has 1 atom stereocenters. The lowest BCUT2D eigenvalue weighted by Crippen LogP contribution is -2.11. The van der Waals surface area contributed by atoms with Gasteiger partial charge >= 0.3 is 0 Å². The van der Waals surface area contributed by atoms with Crippen LogP contribution in [0.3, 0.4) is 0 Å². The van der Waals surface area contributed by atoms with Crippen LogP contribution in [-0.2, 0) is 10.8 Å². The molecular weight excluding hydrogens is 222 g/mol. The molecule has 0 aliphatic heterocycles. The van der Waals surface area contributed by atoms with Crippen LogP contribution in [0.4, 0.5) is 5.69 Å². The molecule has 1 rings (SSSR count). The summed E-state index contributed by atoms with van der Waals surface area (Å²) in [5.41, 5.74) is 2.93. The van der Waals surface area contributed by atoms with Crippen LogP contribution in [0.5, 0.6) is 0 Å². The predicted octanol–water partition coefficient (Wildman–Crippen LogP) is 1.36. The summed E-state index contributed by atoms with van der Waals surface area (Å²) in [7, 11) is -0.820. The van der Waals surface area contributed by atoms with Crippen LogP contribution in [0.2, 0.25) is 0 Å². The molecule has 0 aliphatic carbocycles. The summed E-state index contributed by atoms with van der Waals surface area (Å²) in [6.07, 6.45) is 1.66. The van der Waals surface area contributed by atoms with E-state index in [0.717, 1.165) is 17.1 Å². The number of hydrogen-bond acceptors (Lipinski definition) is 4. The fourth-order valence-corrected chi connectivity index (χ4v) is 1.83. The second-order valence-electron chi connectivity index (χ2n) is 3.59. The van der Waals surface area contributed by atoms with E-state index in [1.807, 2.05) is 19.9 Å². The van der Waals surface area contributed by atoms with Gasteiger partial charge in [-0.1, -0.05) is 0 Å². The van der Waals surface area contributed by atoms with Gasteiger partial charge in [0.2, 0.25) is 0 Å². The van der Waals surface area contributed by atoms with Crippen LogP contribution in [0.25, 0.3) is 0 Å². The van der Waals surface area contributed by atoms with Crippen molar-refractivity contribution in [1.82, 2.24) is 4.98 Å². The Morgan fingerprint density at radius 2 is 2.25 bits per heavy atom. The molecule has 1 heterocycles. The third kappa shape index (κ3) is 3.31. The Kier molecular flexibility index (Phi) is 4.44. The van der Waals surface area contributed by atoms with Crippen LogP contribution >= 0.6 is 0 Å². The zero-order chi connectivity index (χ0) is 12.1. The molecule has 1 aromatic heterocycles. The maximum atomic E-state index is 10.9. The minimum absolute atomic E-state index is 0.562. The number of anilines is 1. The zero-order valence-corrected chi connectivity index (χ0v) is 10.5. The Balaban J connectivity index is 2.86. The van der Waals surface area contributed by atoms with E-state index in [2.05, 4.69) is 16.4 Å². The van der Waals surface area contributed by atoms with Crippen LogP contribution in [0.15, 0.2) is 6.07 Å². The number of nitriles is 1. The maximum Gasteiger partial charge on any atom is 0.103 e. The highest BCUT2D eigenvalue weighted by Gasteiger charge is 2.07. The van der Waals surface area contributed by atoms with E-state index < -0.39 is 10.8 Å². The second-order valence-corrected chi connectivity index (χ2v) is 5.14. The Labute approximate surface area is 98.2 Å². The fraction of sp³-hybridized carbons (Fsp3) is 0.455. The molecular formula is C11H15N3OS. The van der Waals surface area contributed by atoms with Gasteiger partial charge < -0.3 is 5.32 Å². The van der Waals surface area contributed by atoms with Crippen molar-refractivity contribution >= 4 is 16.5 Å². The molecule has 4 nitrogen and oxygen atoms in total. The van der Waals surface area contributed by atoms with Gasteiger partial charge in [-0.15, -0.1) is 0 Å². The molecule has 0 bridgehead atoms. The molecule has 1 unspecified atom stereocenters. The SMILES string of the molecule is Cc1cc(NCCS(C)=O)c(C#N)c(C)n1. The average molecular weight is 237 g/mol. The summed E-state index contributed by atoms with van der Waals surface area (Å²) in [6, 6.07) is 3.97. The largest absolute Gasteiger partial charge is 0.383 e. The smallest absolute Gasteiger partial charge is 0.103 e. The van der Waals surface area contributed by atoms with Crippen molar-refractivity contribution in [3.05, 3.63) is 23.0 Å². The van der Waals surface area contributed by atoms with Crippen LogP contribution in [0, 0.1) is 25.2 Å². The maximum absolute atomic E-state index is 10.9. The number of aryl methyl sites for hydroxylation is 2. The van der Waals surface area contributed by atoms with Crippen LogP contribution < -0.4 is 5.32 Å². The van der Waals surface area contributed by atoms with Gasteiger partial charge in [0.15, 0.2) is 0 Å². The molecule has 0 spiro atoms. The fourth-order valence-electron chi connectivity index (χ4n) is 1.44. The number of aromatic nitrogens is 1. The minimum atomic E-state index is -0.820. The van der Waals surface area contributed by atoms with Crippen molar-refractivity contribution in [3.8, 4) is 6.07 Å². The summed E-state index contributed by atoms with van der Waals surface area (Å²) in [5, 5.41) is 12.1. The molecule has 0 aliphatic rings. The molecule has 0 saturated heterocycles. The zero-order valence-electron chi connectivity index (χ0n) is 9.70. The Morgan fingerprint density at radius 3 is 2.81 bits per heavy atom. The standard InChI is InChI=1S/C11H15N3OS/c1-8-6-11(13-4-5-16(3)15)10(7-12)9(2)14-8/h6H,4-5H2,1-3H3,(H,13,14). The minimum Gasteiger partial charge on any atom is -0.383 e. The summed E-state index contributed by atoms with van der Waals surface area (Å²) < 4.78 is 10.9. The third-order valence-electron chi connectivity index (χ3n) is 2.15. The van der Waals surface area contributed by atoms with Gasteiger partial charge in [-0.2, -0.15) is 5.26 Å². The van der Waals surface area contributed by atoms with Crippen molar-refractivity contribution in [3.63, 3.8) is 0 Å². The van der Waals surface area contributed by atoms with Gasteiger partial charge in [-0.05, 0) is 19.9 Å². The lowest BCUT2D eigenvalue weighted by molar-refractivity contribution is 0.687. The number of rotatable bonds is 4. The molecule has 0 saturated carbocycles. The van der Waals surface area contributed by atoms with Crippen molar-refractivity contribution in [2.75, 3.05) is 23.9 Å². The molecule has 0 radical (unpaired) electrons. The molecule has 1 N–H and O–H groups in total. The number of pyridine rings is 1.